The van der Waals surface area contributed by atoms with Gasteiger partial charge in [-0.2, -0.15) is 0 Å². The number of hydrogen-bond acceptors (Lipinski definition) is 6. The van der Waals surface area contributed by atoms with Gasteiger partial charge < -0.3 is 5.32 Å². The van der Waals surface area contributed by atoms with Crippen LogP contribution in [-0.2, 0) is 16.1 Å². The predicted molar refractivity (Wildman–Crippen MR) is 64.0 cm³/mol. The van der Waals surface area contributed by atoms with Crippen LogP contribution >= 0.6 is 11.3 Å². The minimum Gasteiger partial charge on any atom is -0.300 e. The zero-order valence-electron chi connectivity index (χ0n) is 9.58. The molecule has 18 heavy (non-hydrogen) atoms. The molecule has 1 aromatic heterocycles. The first-order chi connectivity index (χ1) is 8.49. The fraction of sp³-hybridized carbons (Fsp3) is 0.400. The highest BCUT2D eigenvalue weighted by Gasteiger charge is 2.35. The van der Waals surface area contributed by atoms with Crippen molar-refractivity contribution < 1.29 is 14.5 Å². The number of carbonyl (C=O) groups excluding carboxylic acids is 2. The highest BCUT2D eigenvalue weighted by Crippen LogP contribution is 2.24. The van der Waals surface area contributed by atoms with Gasteiger partial charge in [0.2, 0.25) is 11.8 Å². The molecule has 2 heterocycles. The van der Waals surface area contributed by atoms with Gasteiger partial charge in [0.25, 0.3) is 0 Å². The Morgan fingerprint density at radius 2 is 2.28 bits per heavy atom. The van der Waals surface area contributed by atoms with Crippen LogP contribution in [0.15, 0.2) is 12.1 Å². The number of rotatable bonds is 4. The molecule has 1 aromatic rings. The number of hydrogen-bond donors (Lipinski definition) is 1. The largest absolute Gasteiger partial charge is 0.324 e. The van der Waals surface area contributed by atoms with E-state index in [2.05, 4.69) is 5.32 Å². The zero-order valence-corrected chi connectivity index (χ0v) is 10.4. The van der Waals surface area contributed by atoms with Crippen molar-refractivity contribution in [2.45, 2.75) is 19.0 Å². The number of imide groups is 1. The molecule has 8 heteroatoms. The van der Waals surface area contributed by atoms with Crippen molar-refractivity contribution in [3.63, 3.8) is 0 Å². The van der Waals surface area contributed by atoms with Crippen molar-refractivity contribution in [3.8, 4) is 0 Å². The van der Waals surface area contributed by atoms with E-state index in [4.69, 9.17) is 0 Å². The average Bonchev–Trinajstić information content (AvgIpc) is 2.88. The predicted octanol–water partition coefficient (Wildman–Crippen LogP) is 0.503. The van der Waals surface area contributed by atoms with Crippen molar-refractivity contribution in [1.82, 2.24) is 10.2 Å². The summed E-state index contributed by atoms with van der Waals surface area (Å²) >= 11 is 1.06. The SMILES string of the molecule is CN1C(=O)CC(NCc2ccc([N+](=O)[O-])s2)C1=O. The van der Waals surface area contributed by atoms with Gasteiger partial charge in [-0.05, 0) is 6.07 Å². The molecule has 96 valence electrons. The lowest BCUT2D eigenvalue weighted by Gasteiger charge is -2.09. The van der Waals surface area contributed by atoms with E-state index < -0.39 is 11.0 Å². The third-order valence-electron chi connectivity index (χ3n) is 2.73. The Kier molecular flexibility index (Phi) is 3.39. The molecule has 0 spiro atoms. The molecule has 1 unspecified atom stereocenters. The molecule has 1 fully saturated rings. The normalized spacial score (nSPS) is 19.6. The molecule has 1 saturated heterocycles. The molecular formula is C10H11N3O4S. The fourth-order valence-electron chi connectivity index (χ4n) is 1.70. The van der Waals surface area contributed by atoms with Crippen LogP contribution in [0.4, 0.5) is 5.00 Å². The van der Waals surface area contributed by atoms with Gasteiger partial charge in [0.15, 0.2) is 0 Å². The maximum Gasteiger partial charge on any atom is 0.324 e. The van der Waals surface area contributed by atoms with E-state index >= 15 is 0 Å². The van der Waals surface area contributed by atoms with Crippen molar-refractivity contribution >= 4 is 28.2 Å². The number of likely N-dealkylation sites (N-methyl/N-ethyl adjacent to an activating group) is 1. The highest BCUT2D eigenvalue weighted by molar-refractivity contribution is 7.15. The number of thiophene rings is 1. The van der Waals surface area contributed by atoms with Crippen molar-refractivity contribution in [2.24, 2.45) is 0 Å². The molecule has 1 aliphatic heterocycles. The lowest BCUT2D eigenvalue weighted by molar-refractivity contribution is -0.380. The van der Waals surface area contributed by atoms with E-state index in [9.17, 15) is 19.7 Å². The maximum atomic E-state index is 11.6. The molecule has 0 aliphatic carbocycles. The number of carbonyl (C=O) groups is 2. The molecular weight excluding hydrogens is 258 g/mol. The van der Waals surface area contributed by atoms with E-state index in [0.29, 0.717) is 6.54 Å². The summed E-state index contributed by atoms with van der Waals surface area (Å²) in [7, 11) is 1.45. The number of amides is 2. The summed E-state index contributed by atoms with van der Waals surface area (Å²) in [6, 6.07) is 2.54. The lowest BCUT2D eigenvalue weighted by Crippen LogP contribution is -2.36. The number of nitro groups is 1. The summed E-state index contributed by atoms with van der Waals surface area (Å²) < 4.78 is 0. The van der Waals surface area contributed by atoms with E-state index in [-0.39, 0.29) is 23.2 Å². The second-order valence-corrected chi connectivity index (χ2v) is 5.07. The van der Waals surface area contributed by atoms with Gasteiger partial charge in [-0.15, -0.1) is 0 Å². The maximum absolute atomic E-state index is 11.6. The molecule has 0 saturated carbocycles. The van der Waals surface area contributed by atoms with Gasteiger partial charge in [0.1, 0.15) is 0 Å². The third-order valence-corrected chi connectivity index (χ3v) is 3.77. The van der Waals surface area contributed by atoms with Crippen LogP contribution in [0.25, 0.3) is 0 Å². The number of nitrogens with zero attached hydrogens (tertiary/aromatic N) is 2. The second-order valence-electron chi connectivity index (χ2n) is 3.93. The molecule has 0 radical (unpaired) electrons. The van der Waals surface area contributed by atoms with E-state index in [1.807, 2.05) is 0 Å². The van der Waals surface area contributed by atoms with Crippen LogP contribution in [0, 0.1) is 10.1 Å². The average molecular weight is 269 g/mol. The van der Waals surface area contributed by atoms with Crippen LogP contribution in [0.3, 0.4) is 0 Å². The topological polar surface area (TPSA) is 92.6 Å². The Morgan fingerprint density at radius 1 is 1.56 bits per heavy atom. The van der Waals surface area contributed by atoms with Gasteiger partial charge >= 0.3 is 5.00 Å². The van der Waals surface area contributed by atoms with Crippen molar-refractivity contribution in [3.05, 3.63) is 27.1 Å². The summed E-state index contributed by atoms with van der Waals surface area (Å²) in [5.41, 5.74) is 0. The number of nitrogens with one attached hydrogen (secondary N) is 1. The second kappa shape index (κ2) is 4.83. The first-order valence-electron chi connectivity index (χ1n) is 5.26. The Hall–Kier alpha value is -1.80. The van der Waals surface area contributed by atoms with Gasteiger partial charge in [-0.25, -0.2) is 0 Å². The Labute approximate surface area is 107 Å². The van der Waals surface area contributed by atoms with E-state index in [1.165, 1.54) is 13.1 Å². The van der Waals surface area contributed by atoms with Crippen molar-refractivity contribution in [1.29, 1.82) is 0 Å². The molecule has 2 rings (SSSR count). The summed E-state index contributed by atoms with van der Waals surface area (Å²) in [4.78, 5) is 34.8. The quantitative estimate of drug-likeness (QED) is 0.488. The highest BCUT2D eigenvalue weighted by atomic mass is 32.1. The summed E-state index contributed by atoms with van der Waals surface area (Å²) in [5.74, 6) is -0.472. The summed E-state index contributed by atoms with van der Waals surface area (Å²) in [5, 5.41) is 13.5. The van der Waals surface area contributed by atoms with E-state index in [0.717, 1.165) is 21.1 Å². The van der Waals surface area contributed by atoms with Gasteiger partial charge in [-0.3, -0.25) is 24.6 Å². The molecule has 1 atom stereocenters. The first kappa shape index (κ1) is 12.7. The molecule has 0 bridgehead atoms. The Bertz CT molecular complexity index is 513. The third kappa shape index (κ3) is 2.39. The lowest BCUT2D eigenvalue weighted by atomic mass is 10.2. The summed E-state index contributed by atoms with van der Waals surface area (Å²) in [6.45, 7) is 0.343. The van der Waals surface area contributed by atoms with Gasteiger partial charge in [0, 0.05) is 24.5 Å². The molecule has 1 N–H and O–H groups in total. The standard InChI is InChI=1S/C10H11N3O4S/c1-12-8(14)4-7(10(12)15)11-5-6-2-3-9(18-6)13(16)17/h2-3,7,11H,4-5H2,1H3. The summed E-state index contributed by atoms with van der Waals surface area (Å²) in [6.07, 6.45) is 0.142. The monoisotopic (exact) mass is 269 g/mol. The van der Waals surface area contributed by atoms with Gasteiger partial charge in [0.05, 0.1) is 17.4 Å². The minimum absolute atomic E-state index is 0.0674. The van der Waals surface area contributed by atoms with Crippen LogP contribution < -0.4 is 5.32 Å². The molecule has 0 aromatic carbocycles. The van der Waals surface area contributed by atoms with E-state index in [1.54, 1.807) is 6.07 Å². The molecule has 1 aliphatic rings. The first-order valence-corrected chi connectivity index (χ1v) is 6.07. The Morgan fingerprint density at radius 3 is 2.78 bits per heavy atom. The van der Waals surface area contributed by atoms with Crippen LogP contribution in [0.2, 0.25) is 0 Å². The zero-order chi connectivity index (χ0) is 13.3. The van der Waals surface area contributed by atoms with Crippen LogP contribution in [0.5, 0.6) is 0 Å². The fourth-order valence-corrected chi connectivity index (χ4v) is 2.47. The van der Waals surface area contributed by atoms with Gasteiger partial charge in [-0.1, -0.05) is 11.3 Å². The van der Waals surface area contributed by atoms with Crippen molar-refractivity contribution in [2.75, 3.05) is 7.05 Å². The molecule has 7 nitrogen and oxygen atoms in total. The Balaban J connectivity index is 1.94. The minimum atomic E-state index is -0.524. The smallest absolute Gasteiger partial charge is 0.300 e. The number of likely N-dealkylation sites (tertiary alicyclic amines) is 1. The van der Waals surface area contributed by atoms with Crippen LogP contribution in [-0.4, -0.2) is 34.7 Å². The molecule has 2 amide bonds. The van der Waals surface area contributed by atoms with Crippen LogP contribution in [0.1, 0.15) is 11.3 Å².